The minimum Gasteiger partial charge on any atom is -0.389 e. The highest BCUT2D eigenvalue weighted by Crippen LogP contribution is 2.17. The van der Waals surface area contributed by atoms with Crippen molar-refractivity contribution in [1.29, 1.82) is 0 Å². The molecule has 2 nitrogen and oxygen atoms in total. The molecule has 0 saturated heterocycles. The molecule has 0 spiro atoms. The van der Waals surface area contributed by atoms with Crippen molar-refractivity contribution in [3.63, 3.8) is 0 Å². The zero-order valence-corrected chi connectivity index (χ0v) is 13.1. The molecule has 0 bridgehead atoms. The third-order valence-corrected chi connectivity index (χ3v) is 3.55. The lowest BCUT2D eigenvalue weighted by Crippen LogP contribution is -2.30. The van der Waals surface area contributed by atoms with E-state index in [4.69, 9.17) is 0 Å². The van der Waals surface area contributed by atoms with Crippen molar-refractivity contribution < 1.29 is 5.11 Å². The van der Waals surface area contributed by atoms with Gasteiger partial charge in [-0.1, -0.05) is 68.7 Å². The van der Waals surface area contributed by atoms with Gasteiger partial charge in [-0.2, -0.15) is 0 Å². The van der Waals surface area contributed by atoms with Crippen molar-refractivity contribution in [3.05, 3.63) is 42.0 Å². The number of unbranched alkanes of at least 4 members (excludes halogenated alkanes) is 2. The van der Waals surface area contributed by atoms with Crippen LogP contribution in [0.25, 0.3) is 6.08 Å². The first-order valence-corrected chi connectivity index (χ1v) is 7.69. The van der Waals surface area contributed by atoms with Crippen molar-refractivity contribution in [2.45, 2.75) is 38.7 Å². The molecule has 1 rings (SSSR count). The Morgan fingerprint density at radius 1 is 1.15 bits per heavy atom. The van der Waals surface area contributed by atoms with Gasteiger partial charge in [-0.15, -0.1) is 0 Å². The molecule has 1 aromatic rings. The van der Waals surface area contributed by atoms with Crippen molar-refractivity contribution in [1.82, 2.24) is 4.90 Å². The van der Waals surface area contributed by atoms with Crippen LogP contribution in [0.2, 0.25) is 0 Å². The highest BCUT2D eigenvalue weighted by atomic mass is 16.3. The fourth-order valence-electron chi connectivity index (χ4n) is 2.43. The Kier molecular flexibility index (Phi) is 8.24. The standard InChI is InChI=1S/C18H29NO/c1-4-5-7-12-17(15-19(2)3)18(20)14-13-16-10-8-6-9-11-16/h6,8-11,13-14,17-18,20H,4-5,7,12,15H2,1-3H3/b14-13-/t17-,18+/m0/s1. The smallest absolute Gasteiger partial charge is 0.0764 e. The Labute approximate surface area is 124 Å². The van der Waals surface area contributed by atoms with Gasteiger partial charge in [-0.3, -0.25) is 0 Å². The van der Waals surface area contributed by atoms with E-state index in [9.17, 15) is 5.11 Å². The maximum atomic E-state index is 10.4. The number of aliphatic hydroxyl groups is 1. The molecule has 20 heavy (non-hydrogen) atoms. The number of rotatable bonds is 9. The fraction of sp³-hybridized carbons (Fsp3) is 0.556. The maximum absolute atomic E-state index is 10.4. The zero-order chi connectivity index (χ0) is 14.8. The van der Waals surface area contributed by atoms with Gasteiger partial charge in [0.2, 0.25) is 0 Å². The first-order chi connectivity index (χ1) is 9.63. The van der Waals surface area contributed by atoms with Crippen molar-refractivity contribution in [2.75, 3.05) is 20.6 Å². The zero-order valence-electron chi connectivity index (χ0n) is 13.1. The van der Waals surface area contributed by atoms with E-state index in [-0.39, 0.29) is 6.10 Å². The van der Waals surface area contributed by atoms with E-state index in [1.165, 1.54) is 19.3 Å². The molecule has 1 N–H and O–H groups in total. The molecule has 0 radical (unpaired) electrons. The molecule has 0 saturated carbocycles. The summed E-state index contributed by atoms with van der Waals surface area (Å²) in [6.07, 6.45) is 8.36. The van der Waals surface area contributed by atoms with Crippen LogP contribution in [0.15, 0.2) is 36.4 Å². The predicted octanol–water partition coefficient (Wildman–Crippen LogP) is 3.82. The van der Waals surface area contributed by atoms with Crippen LogP contribution in [0.3, 0.4) is 0 Å². The van der Waals surface area contributed by atoms with E-state index >= 15 is 0 Å². The number of hydrogen-bond acceptors (Lipinski definition) is 2. The van der Waals surface area contributed by atoms with Crippen molar-refractivity contribution in [2.24, 2.45) is 5.92 Å². The Morgan fingerprint density at radius 3 is 2.45 bits per heavy atom. The lowest BCUT2D eigenvalue weighted by Gasteiger charge is -2.24. The first kappa shape index (κ1) is 16.9. The van der Waals surface area contributed by atoms with E-state index in [1.807, 2.05) is 30.4 Å². The fourth-order valence-corrected chi connectivity index (χ4v) is 2.43. The second-order valence-electron chi connectivity index (χ2n) is 5.78. The molecule has 2 atom stereocenters. The number of aliphatic hydroxyl groups excluding tert-OH is 1. The normalized spacial score (nSPS) is 14.8. The molecule has 2 heteroatoms. The van der Waals surface area contributed by atoms with Gasteiger partial charge in [0.05, 0.1) is 6.10 Å². The van der Waals surface area contributed by atoms with Crippen LogP contribution in [0.4, 0.5) is 0 Å². The highest BCUT2D eigenvalue weighted by molar-refractivity contribution is 5.49. The lowest BCUT2D eigenvalue weighted by atomic mass is 9.94. The summed E-state index contributed by atoms with van der Waals surface area (Å²) in [5.41, 5.74) is 1.14. The molecule has 0 fully saturated rings. The average molecular weight is 275 g/mol. The summed E-state index contributed by atoms with van der Waals surface area (Å²) in [7, 11) is 4.14. The van der Waals surface area contributed by atoms with Crippen molar-refractivity contribution >= 4 is 6.08 Å². The molecule has 0 heterocycles. The molecule has 112 valence electrons. The largest absolute Gasteiger partial charge is 0.389 e. The molecule has 1 aromatic carbocycles. The van der Waals surface area contributed by atoms with Gasteiger partial charge in [-0.05, 0) is 26.1 Å². The summed E-state index contributed by atoms with van der Waals surface area (Å²) in [6.45, 7) is 3.15. The Hall–Kier alpha value is -1.12. The van der Waals surface area contributed by atoms with E-state index in [0.29, 0.717) is 5.92 Å². The summed E-state index contributed by atoms with van der Waals surface area (Å²) in [5, 5.41) is 10.4. The van der Waals surface area contributed by atoms with Crippen LogP contribution in [0.5, 0.6) is 0 Å². The van der Waals surface area contributed by atoms with Crippen LogP contribution < -0.4 is 0 Å². The van der Waals surface area contributed by atoms with Gasteiger partial charge < -0.3 is 10.0 Å². The van der Waals surface area contributed by atoms with Crippen LogP contribution in [0, 0.1) is 5.92 Å². The van der Waals surface area contributed by atoms with E-state index in [2.05, 4.69) is 38.1 Å². The van der Waals surface area contributed by atoms with Crippen molar-refractivity contribution in [3.8, 4) is 0 Å². The van der Waals surface area contributed by atoms with Crippen LogP contribution in [-0.2, 0) is 0 Å². The minimum absolute atomic E-state index is 0.316. The SMILES string of the molecule is CCCCC[C@@H](CN(C)C)[C@H](O)/C=C\c1ccccc1. The molecule has 0 unspecified atom stereocenters. The predicted molar refractivity (Wildman–Crippen MR) is 87.7 cm³/mol. The third kappa shape index (κ3) is 6.88. The van der Waals surface area contributed by atoms with E-state index < -0.39 is 0 Å². The van der Waals surface area contributed by atoms with Crippen LogP contribution >= 0.6 is 0 Å². The highest BCUT2D eigenvalue weighted by Gasteiger charge is 2.17. The second kappa shape index (κ2) is 9.73. The summed E-state index contributed by atoms with van der Waals surface area (Å²) in [6, 6.07) is 10.2. The second-order valence-corrected chi connectivity index (χ2v) is 5.78. The van der Waals surface area contributed by atoms with Gasteiger partial charge >= 0.3 is 0 Å². The molecular weight excluding hydrogens is 246 g/mol. The average Bonchev–Trinajstić information content (AvgIpc) is 2.44. The molecule has 0 aliphatic heterocycles. The summed E-state index contributed by atoms with van der Waals surface area (Å²) in [5.74, 6) is 0.316. The Bertz CT molecular complexity index is 372. The van der Waals surface area contributed by atoms with Gasteiger partial charge in [0.15, 0.2) is 0 Å². The topological polar surface area (TPSA) is 23.5 Å². The molecular formula is C18H29NO. The summed E-state index contributed by atoms with van der Waals surface area (Å²) < 4.78 is 0. The van der Waals surface area contributed by atoms with Crippen LogP contribution in [0.1, 0.15) is 38.2 Å². The van der Waals surface area contributed by atoms with Gasteiger partial charge in [-0.25, -0.2) is 0 Å². The monoisotopic (exact) mass is 275 g/mol. The third-order valence-electron chi connectivity index (χ3n) is 3.55. The minimum atomic E-state index is -0.366. The molecule has 0 aromatic heterocycles. The van der Waals surface area contributed by atoms with Gasteiger partial charge in [0, 0.05) is 12.5 Å². The lowest BCUT2D eigenvalue weighted by molar-refractivity contribution is 0.122. The summed E-state index contributed by atoms with van der Waals surface area (Å²) in [4.78, 5) is 2.16. The quantitative estimate of drug-likeness (QED) is 0.693. The number of nitrogens with zero attached hydrogens (tertiary/aromatic N) is 1. The molecule has 0 aliphatic carbocycles. The van der Waals surface area contributed by atoms with E-state index in [1.54, 1.807) is 0 Å². The molecule has 0 amide bonds. The maximum Gasteiger partial charge on any atom is 0.0764 e. The Morgan fingerprint density at radius 2 is 1.85 bits per heavy atom. The summed E-state index contributed by atoms with van der Waals surface area (Å²) >= 11 is 0. The first-order valence-electron chi connectivity index (χ1n) is 7.69. The van der Waals surface area contributed by atoms with Gasteiger partial charge in [0.1, 0.15) is 0 Å². The van der Waals surface area contributed by atoms with Crippen LogP contribution in [-0.4, -0.2) is 36.8 Å². The number of benzene rings is 1. The Balaban J connectivity index is 2.57. The molecule has 0 aliphatic rings. The number of hydrogen-bond donors (Lipinski definition) is 1. The van der Waals surface area contributed by atoms with Gasteiger partial charge in [0.25, 0.3) is 0 Å². The van der Waals surface area contributed by atoms with E-state index in [0.717, 1.165) is 18.5 Å².